The van der Waals surface area contributed by atoms with E-state index in [-0.39, 0.29) is 25.1 Å². The zero-order chi connectivity index (χ0) is 13.2. The molecule has 2 unspecified atom stereocenters. The Morgan fingerprint density at radius 1 is 1.32 bits per heavy atom. The number of alkyl halides is 3. The number of rotatable bonds is 3. The molecule has 1 heterocycles. The zero-order valence-corrected chi connectivity index (χ0v) is 10.8. The third kappa shape index (κ3) is 4.56. The van der Waals surface area contributed by atoms with Gasteiger partial charge in [-0.15, -0.1) is 12.4 Å². The van der Waals surface area contributed by atoms with E-state index < -0.39 is 18.9 Å². The predicted octanol–water partition coefficient (Wildman–Crippen LogP) is 2.32. The number of ether oxygens (including phenoxy) is 2. The molecule has 0 fully saturated rings. The highest BCUT2D eigenvalue weighted by Crippen LogP contribution is 2.27. The van der Waals surface area contributed by atoms with Gasteiger partial charge in [-0.2, -0.15) is 13.2 Å². The molecule has 0 aliphatic carbocycles. The molecule has 0 radical (unpaired) electrons. The minimum absolute atomic E-state index is 0. The van der Waals surface area contributed by atoms with Crippen molar-refractivity contribution in [3.63, 3.8) is 0 Å². The van der Waals surface area contributed by atoms with Gasteiger partial charge in [0.2, 0.25) is 0 Å². The molecule has 0 amide bonds. The molecule has 19 heavy (non-hydrogen) atoms. The van der Waals surface area contributed by atoms with E-state index in [0.29, 0.717) is 12.2 Å². The summed E-state index contributed by atoms with van der Waals surface area (Å²) in [6.45, 7) is -1.43. The summed E-state index contributed by atoms with van der Waals surface area (Å²) in [4.78, 5) is 0. The first-order valence-electron chi connectivity index (χ1n) is 5.60. The van der Waals surface area contributed by atoms with E-state index in [1.807, 2.05) is 18.2 Å². The van der Waals surface area contributed by atoms with E-state index in [1.54, 1.807) is 6.07 Å². The van der Waals surface area contributed by atoms with Crippen LogP contribution in [0.5, 0.6) is 5.75 Å². The van der Waals surface area contributed by atoms with Gasteiger partial charge in [-0.3, -0.25) is 0 Å². The molecular formula is C12H15ClF3NO2. The van der Waals surface area contributed by atoms with Gasteiger partial charge < -0.3 is 15.2 Å². The van der Waals surface area contributed by atoms with Crippen LogP contribution in [0.2, 0.25) is 0 Å². The fourth-order valence-corrected chi connectivity index (χ4v) is 1.87. The fourth-order valence-electron chi connectivity index (χ4n) is 1.87. The highest BCUT2D eigenvalue weighted by atomic mass is 35.5. The Balaban J connectivity index is 0.00000180. The number of para-hydroxylation sites is 1. The Kier molecular flexibility index (Phi) is 5.46. The van der Waals surface area contributed by atoms with Gasteiger partial charge in [-0.1, -0.05) is 18.2 Å². The number of benzene rings is 1. The van der Waals surface area contributed by atoms with E-state index >= 15 is 0 Å². The second-order valence-corrected chi connectivity index (χ2v) is 4.26. The number of hydrogen-bond donors (Lipinski definition) is 1. The molecule has 1 aliphatic heterocycles. The van der Waals surface area contributed by atoms with E-state index in [0.717, 1.165) is 5.56 Å². The van der Waals surface area contributed by atoms with E-state index in [2.05, 4.69) is 4.74 Å². The van der Waals surface area contributed by atoms with E-state index in [1.165, 1.54) is 0 Å². The van der Waals surface area contributed by atoms with Gasteiger partial charge in [0.1, 0.15) is 18.5 Å². The molecule has 2 N–H and O–H groups in total. The van der Waals surface area contributed by atoms with Gasteiger partial charge in [0.05, 0.1) is 6.61 Å². The molecule has 1 aromatic rings. The maximum Gasteiger partial charge on any atom is 0.411 e. The van der Waals surface area contributed by atoms with Gasteiger partial charge in [0, 0.05) is 6.04 Å². The van der Waals surface area contributed by atoms with Crippen molar-refractivity contribution in [2.45, 2.75) is 24.7 Å². The quantitative estimate of drug-likeness (QED) is 0.931. The van der Waals surface area contributed by atoms with Gasteiger partial charge in [0.25, 0.3) is 0 Å². The normalized spacial score (nSPS) is 22.1. The lowest BCUT2D eigenvalue weighted by Gasteiger charge is -2.31. The molecule has 0 bridgehead atoms. The molecule has 0 saturated heterocycles. The number of hydrogen-bond acceptors (Lipinski definition) is 3. The number of nitrogens with two attached hydrogens (primary N) is 1. The highest BCUT2D eigenvalue weighted by molar-refractivity contribution is 5.85. The van der Waals surface area contributed by atoms with Crippen molar-refractivity contribution < 1.29 is 22.6 Å². The Hall–Kier alpha value is -0.980. The summed E-state index contributed by atoms with van der Waals surface area (Å²) >= 11 is 0. The topological polar surface area (TPSA) is 44.5 Å². The standard InChI is InChI=1S/C12H14F3NO2.ClH/c13-12(14,15)7-17-6-11-9(16)5-8-3-1-2-4-10(8)18-11;/h1-4,9,11H,5-7,16H2;1H. The molecule has 0 aromatic heterocycles. The second-order valence-electron chi connectivity index (χ2n) is 4.26. The SMILES string of the molecule is Cl.NC1Cc2ccccc2OC1COCC(F)(F)F. The van der Waals surface area contributed by atoms with Crippen molar-refractivity contribution in [2.75, 3.05) is 13.2 Å². The van der Waals surface area contributed by atoms with Gasteiger partial charge in [-0.05, 0) is 18.1 Å². The van der Waals surface area contributed by atoms with Crippen LogP contribution in [0.3, 0.4) is 0 Å². The average molecular weight is 298 g/mol. The van der Waals surface area contributed by atoms with E-state index in [9.17, 15) is 13.2 Å². The van der Waals surface area contributed by atoms with Crippen molar-refractivity contribution in [3.05, 3.63) is 29.8 Å². The Morgan fingerprint density at radius 3 is 2.68 bits per heavy atom. The smallest absolute Gasteiger partial charge is 0.411 e. The summed E-state index contributed by atoms with van der Waals surface area (Å²) < 4.78 is 46.0. The summed E-state index contributed by atoms with van der Waals surface area (Å²) in [6.07, 6.45) is -4.28. The van der Waals surface area contributed by atoms with Crippen molar-refractivity contribution in [2.24, 2.45) is 5.73 Å². The molecule has 2 rings (SSSR count). The maximum atomic E-state index is 11.9. The molecule has 1 aliphatic rings. The van der Waals surface area contributed by atoms with E-state index in [4.69, 9.17) is 10.5 Å². The summed E-state index contributed by atoms with van der Waals surface area (Å²) in [5.41, 5.74) is 6.83. The van der Waals surface area contributed by atoms with Crippen molar-refractivity contribution in [1.82, 2.24) is 0 Å². The Bertz CT molecular complexity index is 414. The third-order valence-electron chi connectivity index (χ3n) is 2.73. The molecule has 2 atom stereocenters. The second kappa shape index (κ2) is 6.45. The Labute approximate surface area is 115 Å². The van der Waals surface area contributed by atoms with Crippen LogP contribution in [0, 0.1) is 0 Å². The summed E-state index contributed by atoms with van der Waals surface area (Å²) in [5, 5.41) is 0. The van der Waals surface area contributed by atoms with Crippen molar-refractivity contribution in [3.8, 4) is 5.75 Å². The molecule has 7 heteroatoms. The average Bonchev–Trinajstić information content (AvgIpc) is 2.28. The van der Waals surface area contributed by atoms with Crippen LogP contribution < -0.4 is 10.5 Å². The van der Waals surface area contributed by atoms with Gasteiger partial charge >= 0.3 is 6.18 Å². The predicted molar refractivity (Wildman–Crippen MR) is 66.7 cm³/mol. The lowest BCUT2D eigenvalue weighted by Crippen LogP contribution is -2.46. The van der Waals surface area contributed by atoms with Crippen molar-refractivity contribution in [1.29, 1.82) is 0 Å². The lowest BCUT2D eigenvalue weighted by molar-refractivity contribution is -0.179. The third-order valence-corrected chi connectivity index (χ3v) is 2.73. The van der Waals surface area contributed by atoms with Gasteiger partial charge in [0.15, 0.2) is 0 Å². The molecule has 1 aromatic carbocycles. The van der Waals surface area contributed by atoms with Crippen LogP contribution in [-0.4, -0.2) is 31.5 Å². The van der Waals surface area contributed by atoms with Crippen LogP contribution in [0.25, 0.3) is 0 Å². The number of halogens is 4. The first-order chi connectivity index (χ1) is 8.46. The molecular weight excluding hydrogens is 283 g/mol. The molecule has 108 valence electrons. The van der Waals surface area contributed by atoms with Crippen LogP contribution >= 0.6 is 12.4 Å². The fraction of sp³-hybridized carbons (Fsp3) is 0.500. The summed E-state index contributed by atoms with van der Waals surface area (Å²) in [6, 6.07) is 6.99. The Morgan fingerprint density at radius 2 is 2.00 bits per heavy atom. The van der Waals surface area contributed by atoms with Crippen LogP contribution in [0.1, 0.15) is 5.56 Å². The minimum atomic E-state index is -4.32. The first kappa shape index (κ1) is 16.1. The summed E-state index contributed by atoms with van der Waals surface area (Å²) in [5.74, 6) is 0.666. The van der Waals surface area contributed by atoms with Crippen LogP contribution in [0.4, 0.5) is 13.2 Å². The molecule has 0 spiro atoms. The first-order valence-corrected chi connectivity index (χ1v) is 5.60. The van der Waals surface area contributed by atoms with Crippen LogP contribution in [0.15, 0.2) is 24.3 Å². The lowest BCUT2D eigenvalue weighted by atomic mass is 9.98. The molecule has 0 saturated carbocycles. The van der Waals surface area contributed by atoms with Crippen LogP contribution in [-0.2, 0) is 11.2 Å². The maximum absolute atomic E-state index is 11.9. The van der Waals surface area contributed by atoms with Crippen molar-refractivity contribution >= 4 is 12.4 Å². The minimum Gasteiger partial charge on any atom is -0.486 e. The highest BCUT2D eigenvalue weighted by Gasteiger charge is 2.31. The largest absolute Gasteiger partial charge is 0.486 e. The monoisotopic (exact) mass is 297 g/mol. The summed E-state index contributed by atoms with van der Waals surface area (Å²) in [7, 11) is 0. The zero-order valence-electron chi connectivity index (χ0n) is 10.0. The number of fused-ring (bicyclic) bond motifs is 1. The van der Waals surface area contributed by atoms with Gasteiger partial charge in [-0.25, -0.2) is 0 Å². The molecule has 3 nitrogen and oxygen atoms in total.